The Bertz CT molecular complexity index is 1500. The molecule has 4 aromatic rings. The van der Waals surface area contributed by atoms with Crippen LogP contribution in [0.4, 0.5) is 23.2 Å². The van der Waals surface area contributed by atoms with Crippen LogP contribution >= 0.6 is 0 Å². The number of benzene rings is 1. The number of alkyl halides is 3. The van der Waals surface area contributed by atoms with Crippen molar-refractivity contribution in [2.45, 2.75) is 59.2 Å². The Hall–Kier alpha value is -3.82. The molecule has 0 amide bonds. The first-order chi connectivity index (χ1) is 18.6. The Labute approximate surface area is 224 Å². The van der Waals surface area contributed by atoms with Gasteiger partial charge >= 0.3 is 6.18 Å². The molecule has 0 N–H and O–H groups in total. The summed E-state index contributed by atoms with van der Waals surface area (Å²) in [7, 11) is 0. The number of anilines is 1. The fourth-order valence-electron chi connectivity index (χ4n) is 5.08. The number of hydrogen-bond donors (Lipinski definition) is 0. The maximum absolute atomic E-state index is 14.5. The number of hydrogen-bond acceptors (Lipinski definition) is 5. The Balaban J connectivity index is 0.00000172. The van der Waals surface area contributed by atoms with Crippen molar-refractivity contribution >= 4 is 16.9 Å². The van der Waals surface area contributed by atoms with Gasteiger partial charge in [0.15, 0.2) is 5.65 Å². The van der Waals surface area contributed by atoms with E-state index in [1.807, 2.05) is 31.7 Å². The van der Waals surface area contributed by atoms with E-state index >= 15 is 0 Å². The molecule has 5 rings (SSSR count). The lowest BCUT2D eigenvalue weighted by Crippen LogP contribution is -2.36. The average Bonchev–Trinajstić information content (AvgIpc) is 2.91. The number of halogens is 4. The van der Waals surface area contributed by atoms with Gasteiger partial charge in [0.25, 0.3) is 5.56 Å². The molecule has 206 valence electrons. The highest BCUT2D eigenvalue weighted by atomic mass is 19.4. The van der Waals surface area contributed by atoms with Crippen LogP contribution in [0.1, 0.15) is 60.7 Å². The van der Waals surface area contributed by atoms with Crippen molar-refractivity contribution in [2.24, 2.45) is 0 Å². The number of nitrogens with zero attached hydrogens (tertiary/aromatic N) is 5. The molecule has 1 aliphatic rings. The molecule has 1 saturated heterocycles. The van der Waals surface area contributed by atoms with Gasteiger partial charge in [-0.15, -0.1) is 0 Å². The third-order valence-electron chi connectivity index (χ3n) is 6.88. The molecule has 1 aromatic carbocycles. The number of aryl methyl sites for hydroxylation is 2. The Kier molecular flexibility index (Phi) is 8.32. The summed E-state index contributed by atoms with van der Waals surface area (Å²) in [5.41, 5.74) is 1.49. The van der Waals surface area contributed by atoms with Gasteiger partial charge < -0.3 is 4.90 Å². The summed E-state index contributed by atoms with van der Waals surface area (Å²) >= 11 is 0. The van der Waals surface area contributed by atoms with Gasteiger partial charge in [-0.1, -0.05) is 26.0 Å². The Morgan fingerprint density at radius 2 is 1.74 bits per heavy atom. The van der Waals surface area contributed by atoms with E-state index in [-0.39, 0.29) is 29.6 Å². The first-order valence-corrected chi connectivity index (χ1v) is 13.0. The fourth-order valence-corrected chi connectivity index (χ4v) is 5.08. The van der Waals surface area contributed by atoms with E-state index in [9.17, 15) is 22.4 Å². The Morgan fingerprint density at radius 1 is 1.03 bits per heavy atom. The van der Waals surface area contributed by atoms with Crippen LogP contribution in [0.2, 0.25) is 0 Å². The summed E-state index contributed by atoms with van der Waals surface area (Å²) in [5.74, 6) is -0.437. The predicted octanol–water partition coefficient (Wildman–Crippen LogP) is 6.42. The minimum Gasteiger partial charge on any atom is -0.369 e. The van der Waals surface area contributed by atoms with Crippen molar-refractivity contribution in [3.63, 3.8) is 0 Å². The van der Waals surface area contributed by atoms with Gasteiger partial charge in [-0.3, -0.25) is 19.3 Å². The van der Waals surface area contributed by atoms with E-state index in [0.29, 0.717) is 48.4 Å². The highest BCUT2D eigenvalue weighted by molar-refractivity contribution is 5.71. The zero-order chi connectivity index (χ0) is 28.3. The van der Waals surface area contributed by atoms with Gasteiger partial charge in [-0.2, -0.15) is 13.2 Å². The molecule has 3 aromatic heterocycles. The lowest BCUT2D eigenvalue weighted by atomic mass is 9.89. The molecular weight excluding hydrogens is 510 g/mol. The molecule has 0 bridgehead atoms. The highest BCUT2D eigenvalue weighted by Gasteiger charge is 2.34. The van der Waals surface area contributed by atoms with Gasteiger partial charge in [0.2, 0.25) is 0 Å². The molecule has 0 radical (unpaired) electrons. The molecular formula is C29H31F4N5O. The summed E-state index contributed by atoms with van der Waals surface area (Å²) in [6, 6.07) is 8.84. The number of aromatic nitrogens is 4. The van der Waals surface area contributed by atoms with Crippen LogP contribution in [0, 0.1) is 19.7 Å². The molecule has 1 fully saturated rings. The molecule has 0 spiro atoms. The van der Waals surface area contributed by atoms with Gasteiger partial charge in [0.05, 0.1) is 29.2 Å². The van der Waals surface area contributed by atoms with Gasteiger partial charge in [-0.05, 0) is 62.4 Å². The summed E-state index contributed by atoms with van der Waals surface area (Å²) in [4.78, 5) is 28.5. The van der Waals surface area contributed by atoms with Crippen molar-refractivity contribution in [3.05, 3.63) is 93.0 Å². The normalized spacial score (nSPS) is 14.3. The van der Waals surface area contributed by atoms with Crippen LogP contribution in [0.5, 0.6) is 0 Å². The predicted molar refractivity (Wildman–Crippen MR) is 144 cm³/mol. The number of pyridine rings is 2. The molecule has 39 heavy (non-hydrogen) atoms. The third kappa shape index (κ3) is 5.79. The van der Waals surface area contributed by atoms with Crippen LogP contribution in [0.25, 0.3) is 11.2 Å². The van der Waals surface area contributed by atoms with E-state index in [2.05, 4.69) is 15.0 Å². The SMILES string of the molecule is CC.Cc1cnc2cc(C3CCN(c4c(C)cccc4F)CC3)c(=O)n(Cc3ncccc3C(F)(F)F)c2n1. The summed E-state index contributed by atoms with van der Waals surface area (Å²) in [6.45, 7) is 8.27. The monoisotopic (exact) mass is 541 g/mol. The first kappa shape index (κ1) is 28.2. The van der Waals surface area contributed by atoms with Crippen LogP contribution in [-0.4, -0.2) is 32.6 Å². The zero-order valence-corrected chi connectivity index (χ0v) is 22.4. The van der Waals surface area contributed by atoms with Crippen molar-refractivity contribution in [2.75, 3.05) is 18.0 Å². The van der Waals surface area contributed by atoms with Gasteiger partial charge in [0.1, 0.15) is 11.3 Å². The maximum Gasteiger partial charge on any atom is 0.418 e. The lowest BCUT2D eigenvalue weighted by Gasteiger charge is -2.34. The van der Waals surface area contributed by atoms with Gasteiger partial charge in [0, 0.05) is 31.0 Å². The fraction of sp³-hybridized carbons (Fsp3) is 0.379. The van der Waals surface area contributed by atoms with Crippen LogP contribution in [0.3, 0.4) is 0 Å². The maximum atomic E-state index is 14.5. The molecule has 0 aliphatic carbocycles. The molecule has 0 atom stereocenters. The number of fused-ring (bicyclic) bond motifs is 1. The van der Waals surface area contributed by atoms with E-state index < -0.39 is 17.3 Å². The molecule has 0 saturated carbocycles. The number of rotatable bonds is 4. The molecule has 0 unspecified atom stereocenters. The van der Waals surface area contributed by atoms with E-state index in [0.717, 1.165) is 11.6 Å². The number of para-hydroxylation sites is 1. The molecule has 1 aliphatic heterocycles. The van der Waals surface area contributed by atoms with Gasteiger partial charge in [-0.25, -0.2) is 9.37 Å². The standard InChI is InChI=1S/C27H25F4N5O.C2H6/c1-16-5-3-7-21(28)24(16)35-11-8-18(9-12-35)19-13-22-25(34-17(2)14-33-22)36(26(19)37)15-23-20(27(29,30)31)6-4-10-32-23;1-2/h3-7,10,13-14,18H,8-9,11-12,15H2,1-2H3;1-2H3. The minimum absolute atomic E-state index is 0.152. The quantitative estimate of drug-likeness (QED) is 0.279. The van der Waals surface area contributed by atoms with Crippen LogP contribution < -0.4 is 10.5 Å². The summed E-state index contributed by atoms with van der Waals surface area (Å²) < 4.78 is 56.7. The second-order valence-electron chi connectivity index (χ2n) is 9.37. The second kappa shape index (κ2) is 11.5. The Morgan fingerprint density at radius 3 is 2.41 bits per heavy atom. The largest absolute Gasteiger partial charge is 0.418 e. The molecule has 6 nitrogen and oxygen atoms in total. The highest BCUT2D eigenvalue weighted by Crippen LogP contribution is 2.34. The summed E-state index contributed by atoms with van der Waals surface area (Å²) in [5, 5.41) is 0. The topological polar surface area (TPSA) is 63.9 Å². The van der Waals surface area contributed by atoms with Crippen molar-refractivity contribution in [3.8, 4) is 0 Å². The van der Waals surface area contributed by atoms with E-state index in [4.69, 9.17) is 0 Å². The first-order valence-electron chi connectivity index (χ1n) is 13.0. The number of piperidine rings is 1. The van der Waals surface area contributed by atoms with E-state index in [1.54, 1.807) is 25.3 Å². The average molecular weight is 542 g/mol. The van der Waals surface area contributed by atoms with E-state index in [1.165, 1.54) is 22.9 Å². The molecule has 4 heterocycles. The summed E-state index contributed by atoms with van der Waals surface area (Å²) in [6.07, 6.45) is -0.596. The zero-order valence-electron chi connectivity index (χ0n) is 22.4. The second-order valence-corrected chi connectivity index (χ2v) is 9.37. The minimum atomic E-state index is -4.61. The molecule has 10 heteroatoms. The van der Waals surface area contributed by atoms with Crippen LogP contribution in [0.15, 0.2) is 53.6 Å². The van der Waals surface area contributed by atoms with Crippen molar-refractivity contribution in [1.82, 2.24) is 19.5 Å². The lowest BCUT2D eigenvalue weighted by molar-refractivity contribution is -0.138. The van der Waals surface area contributed by atoms with Crippen LogP contribution in [-0.2, 0) is 12.7 Å². The van der Waals surface area contributed by atoms with Crippen molar-refractivity contribution < 1.29 is 17.6 Å². The van der Waals surface area contributed by atoms with Crippen molar-refractivity contribution in [1.29, 1.82) is 0 Å². The third-order valence-corrected chi connectivity index (χ3v) is 6.88. The smallest absolute Gasteiger partial charge is 0.369 e.